The highest BCUT2D eigenvalue weighted by Crippen LogP contribution is 2.40. The second kappa shape index (κ2) is 5.70. The van der Waals surface area contributed by atoms with Crippen molar-refractivity contribution in [2.45, 2.75) is 24.9 Å². The van der Waals surface area contributed by atoms with Crippen molar-refractivity contribution in [3.63, 3.8) is 0 Å². The number of benzene rings is 2. The molecule has 0 bridgehead atoms. The number of hydrogen-bond donors (Lipinski definition) is 1. The van der Waals surface area contributed by atoms with E-state index in [2.05, 4.69) is 17.0 Å². The van der Waals surface area contributed by atoms with E-state index >= 15 is 0 Å². The van der Waals surface area contributed by atoms with E-state index in [1.165, 1.54) is 0 Å². The fraction of sp³-hybridized carbons (Fsp3) is 0.278. The molecule has 0 aromatic heterocycles. The van der Waals surface area contributed by atoms with Crippen LogP contribution in [-0.2, 0) is 16.9 Å². The minimum atomic E-state index is -0.892. The van der Waals surface area contributed by atoms with Crippen LogP contribution in [0.1, 0.15) is 24.0 Å². The molecule has 1 aliphatic rings. The molecule has 0 saturated carbocycles. The van der Waals surface area contributed by atoms with Gasteiger partial charge in [0.2, 0.25) is 0 Å². The molecule has 3 nitrogen and oxygen atoms in total. The molecule has 3 rings (SSSR count). The first-order valence-corrected chi connectivity index (χ1v) is 7.31. The Bertz CT molecular complexity index is 612. The second-order valence-corrected chi connectivity index (χ2v) is 5.54. The molecule has 0 amide bonds. The van der Waals surface area contributed by atoms with Gasteiger partial charge in [0.05, 0.1) is 0 Å². The zero-order chi connectivity index (χ0) is 14.7. The average molecular weight is 281 g/mol. The molecule has 3 heteroatoms. The van der Waals surface area contributed by atoms with Crippen LogP contribution in [-0.4, -0.2) is 22.5 Å². The van der Waals surface area contributed by atoms with Gasteiger partial charge in [-0.1, -0.05) is 60.7 Å². The van der Waals surface area contributed by atoms with Crippen LogP contribution in [0.4, 0.5) is 0 Å². The third-order valence-corrected chi connectivity index (χ3v) is 4.33. The quantitative estimate of drug-likeness (QED) is 0.935. The predicted molar refractivity (Wildman–Crippen MR) is 81.8 cm³/mol. The lowest BCUT2D eigenvalue weighted by Gasteiger charge is -2.35. The van der Waals surface area contributed by atoms with Gasteiger partial charge in [-0.3, -0.25) is 4.90 Å². The lowest BCUT2D eigenvalue weighted by atomic mass is 9.87. The predicted octanol–water partition coefficient (Wildman–Crippen LogP) is 3.26. The summed E-state index contributed by atoms with van der Waals surface area (Å²) in [7, 11) is 0. The Balaban J connectivity index is 1.97. The van der Waals surface area contributed by atoms with E-state index in [0.717, 1.165) is 24.1 Å². The van der Waals surface area contributed by atoms with Gasteiger partial charge in [0.25, 0.3) is 0 Å². The van der Waals surface area contributed by atoms with E-state index < -0.39 is 11.5 Å². The van der Waals surface area contributed by atoms with E-state index in [0.29, 0.717) is 13.0 Å². The lowest BCUT2D eigenvalue weighted by molar-refractivity contribution is -0.150. The van der Waals surface area contributed by atoms with Gasteiger partial charge in [0, 0.05) is 13.1 Å². The van der Waals surface area contributed by atoms with Crippen LogP contribution >= 0.6 is 0 Å². The first-order chi connectivity index (χ1) is 10.2. The summed E-state index contributed by atoms with van der Waals surface area (Å²) in [5.41, 5.74) is 1.14. The molecule has 21 heavy (non-hydrogen) atoms. The highest BCUT2D eigenvalue weighted by Gasteiger charge is 2.48. The van der Waals surface area contributed by atoms with Gasteiger partial charge in [-0.25, -0.2) is 4.79 Å². The van der Waals surface area contributed by atoms with E-state index in [1.54, 1.807) is 0 Å². The summed E-state index contributed by atoms with van der Waals surface area (Å²) in [6.07, 6.45) is 1.58. The molecule has 1 fully saturated rings. The van der Waals surface area contributed by atoms with Crippen LogP contribution in [0.2, 0.25) is 0 Å². The number of aliphatic carboxylic acids is 1. The second-order valence-electron chi connectivity index (χ2n) is 5.54. The molecule has 108 valence electrons. The number of rotatable bonds is 4. The molecule has 2 aromatic carbocycles. The third-order valence-electron chi connectivity index (χ3n) is 4.33. The standard InChI is InChI=1S/C18H19NO2/c20-17(21)18(16-10-5-2-6-11-16)12-7-13-19(18)14-15-8-3-1-4-9-15/h1-6,8-11H,7,12-14H2,(H,20,21). The molecule has 1 N–H and O–H groups in total. The Kier molecular flexibility index (Phi) is 3.76. The van der Waals surface area contributed by atoms with Crippen LogP contribution in [0.3, 0.4) is 0 Å². The van der Waals surface area contributed by atoms with Gasteiger partial charge < -0.3 is 5.11 Å². The minimum absolute atomic E-state index is 0.666. The largest absolute Gasteiger partial charge is 0.480 e. The van der Waals surface area contributed by atoms with Gasteiger partial charge in [-0.2, -0.15) is 0 Å². The zero-order valence-corrected chi connectivity index (χ0v) is 11.9. The Morgan fingerprint density at radius 1 is 1.05 bits per heavy atom. The van der Waals surface area contributed by atoms with Crippen molar-refractivity contribution in [3.8, 4) is 0 Å². The summed E-state index contributed by atoms with van der Waals surface area (Å²) >= 11 is 0. The lowest BCUT2D eigenvalue weighted by Crippen LogP contribution is -2.47. The average Bonchev–Trinajstić information content (AvgIpc) is 2.94. The van der Waals surface area contributed by atoms with Crippen molar-refractivity contribution in [2.75, 3.05) is 6.54 Å². The summed E-state index contributed by atoms with van der Waals surface area (Å²) < 4.78 is 0. The fourth-order valence-corrected chi connectivity index (χ4v) is 3.30. The first kappa shape index (κ1) is 13.8. The molecule has 1 heterocycles. The van der Waals surface area contributed by atoms with Crippen LogP contribution in [0.15, 0.2) is 60.7 Å². The molecular formula is C18H19NO2. The fourth-order valence-electron chi connectivity index (χ4n) is 3.30. The smallest absolute Gasteiger partial charge is 0.328 e. The number of likely N-dealkylation sites (tertiary alicyclic amines) is 1. The Morgan fingerprint density at radius 3 is 2.29 bits per heavy atom. The SMILES string of the molecule is O=C(O)C1(c2ccccc2)CCCN1Cc1ccccc1. The van der Waals surface area contributed by atoms with Gasteiger partial charge >= 0.3 is 5.97 Å². The maximum absolute atomic E-state index is 12.1. The van der Waals surface area contributed by atoms with E-state index in [-0.39, 0.29) is 0 Å². The molecule has 1 unspecified atom stereocenters. The van der Waals surface area contributed by atoms with Gasteiger partial charge in [-0.15, -0.1) is 0 Å². The van der Waals surface area contributed by atoms with Gasteiger partial charge in [0.1, 0.15) is 5.54 Å². The normalized spacial score (nSPS) is 22.3. The van der Waals surface area contributed by atoms with Gasteiger partial charge in [-0.05, 0) is 24.0 Å². The highest BCUT2D eigenvalue weighted by atomic mass is 16.4. The van der Waals surface area contributed by atoms with E-state index in [1.807, 2.05) is 48.5 Å². The van der Waals surface area contributed by atoms with Crippen LogP contribution in [0.25, 0.3) is 0 Å². The summed E-state index contributed by atoms with van der Waals surface area (Å²) in [5.74, 6) is -0.748. The molecule has 1 atom stereocenters. The van der Waals surface area contributed by atoms with Crippen LogP contribution in [0.5, 0.6) is 0 Å². The molecule has 1 aliphatic heterocycles. The topological polar surface area (TPSA) is 40.5 Å². The molecular weight excluding hydrogens is 262 g/mol. The summed E-state index contributed by atoms with van der Waals surface area (Å²) in [4.78, 5) is 14.2. The molecule has 0 radical (unpaired) electrons. The Labute approximate surface area is 124 Å². The summed E-state index contributed by atoms with van der Waals surface area (Å²) in [6, 6.07) is 19.7. The minimum Gasteiger partial charge on any atom is -0.480 e. The number of carboxylic acids is 1. The summed E-state index contributed by atoms with van der Waals surface area (Å²) in [6.45, 7) is 1.48. The Hall–Kier alpha value is -2.13. The van der Waals surface area contributed by atoms with Crippen molar-refractivity contribution in [2.24, 2.45) is 0 Å². The summed E-state index contributed by atoms with van der Waals surface area (Å²) in [5, 5.41) is 9.92. The molecule has 1 saturated heterocycles. The maximum Gasteiger partial charge on any atom is 0.328 e. The van der Waals surface area contributed by atoms with E-state index in [4.69, 9.17) is 0 Å². The van der Waals surface area contributed by atoms with Crippen molar-refractivity contribution in [1.29, 1.82) is 0 Å². The maximum atomic E-state index is 12.1. The molecule has 0 aliphatic carbocycles. The molecule has 0 spiro atoms. The monoisotopic (exact) mass is 281 g/mol. The first-order valence-electron chi connectivity index (χ1n) is 7.31. The number of hydrogen-bond acceptors (Lipinski definition) is 2. The van der Waals surface area contributed by atoms with Crippen molar-refractivity contribution < 1.29 is 9.90 Å². The number of carboxylic acid groups (broad SMARTS) is 1. The molecule has 2 aromatic rings. The highest BCUT2D eigenvalue weighted by molar-refractivity contribution is 5.81. The number of nitrogens with zero attached hydrogens (tertiary/aromatic N) is 1. The zero-order valence-electron chi connectivity index (χ0n) is 11.9. The van der Waals surface area contributed by atoms with Crippen molar-refractivity contribution in [1.82, 2.24) is 4.90 Å². The van der Waals surface area contributed by atoms with Crippen molar-refractivity contribution >= 4 is 5.97 Å². The Morgan fingerprint density at radius 2 is 1.67 bits per heavy atom. The third kappa shape index (κ3) is 2.45. The van der Waals surface area contributed by atoms with Crippen LogP contribution in [0, 0.1) is 0 Å². The van der Waals surface area contributed by atoms with Crippen LogP contribution < -0.4 is 0 Å². The number of carbonyl (C=O) groups is 1. The van der Waals surface area contributed by atoms with Crippen molar-refractivity contribution in [3.05, 3.63) is 71.8 Å². The van der Waals surface area contributed by atoms with E-state index in [9.17, 15) is 9.90 Å². The van der Waals surface area contributed by atoms with Gasteiger partial charge in [0.15, 0.2) is 0 Å².